The summed E-state index contributed by atoms with van der Waals surface area (Å²) in [6, 6.07) is 4.42. The summed E-state index contributed by atoms with van der Waals surface area (Å²) in [5.74, 6) is 1.05. The van der Waals surface area contributed by atoms with Crippen molar-refractivity contribution in [2.75, 3.05) is 33.9 Å². The van der Waals surface area contributed by atoms with Gasteiger partial charge < -0.3 is 14.4 Å². The number of nitrogens with one attached hydrogen (secondary N) is 1. The van der Waals surface area contributed by atoms with Crippen LogP contribution in [0.3, 0.4) is 0 Å². The van der Waals surface area contributed by atoms with Crippen molar-refractivity contribution in [3.8, 4) is 11.5 Å². The molecule has 1 aliphatic heterocycles. The average molecular weight is 356 g/mol. The highest BCUT2D eigenvalue weighted by Gasteiger charge is 2.24. The summed E-state index contributed by atoms with van der Waals surface area (Å²) < 4.78 is 37.4. The number of carbonyl (C=O) groups excluding carboxylic acids is 1. The van der Waals surface area contributed by atoms with Gasteiger partial charge >= 0.3 is 0 Å². The van der Waals surface area contributed by atoms with Gasteiger partial charge in [0.2, 0.25) is 15.9 Å². The Labute approximate surface area is 143 Å². The van der Waals surface area contributed by atoms with E-state index in [1.807, 2.05) is 0 Å². The zero-order valence-corrected chi connectivity index (χ0v) is 15.1. The Balaban J connectivity index is 2.04. The highest BCUT2D eigenvalue weighted by Crippen LogP contribution is 2.28. The van der Waals surface area contributed by atoms with E-state index in [9.17, 15) is 13.2 Å². The summed E-state index contributed by atoms with van der Waals surface area (Å²) in [6.07, 6.45) is 1.90. The smallest absolute Gasteiger partial charge is 0.244 e. The minimum absolute atomic E-state index is 0.0223. The van der Waals surface area contributed by atoms with Gasteiger partial charge in [0.25, 0.3) is 0 Å². The Hall–Kier alpha value is -1.80. The van der Waals surface area contributed by atoms with E-state index in [1.165, 1.54) is 32.4 Å². The Bertz CT molecular complexity index is 682. The van der Waals surface area contributed by atoms with Gasteiger partial charge in [0, 0.05) is 19.2 Å². The number of rotatable bonds is 6. The monoisotopic (exact) mass is 356 g/mol. The standard InChI is InChI=1S/C16H24N2O5S/c1-12-6-8-18(9-7-12)16(19)11-17-24(20,21)15-5-4-13(22-2)10-14(15)23-3/h4-5,10,12,17H,6-9,11H2,1-3H3. The molecule has 1 saturated heterocycles. The van der Waals surface area contributed by atoms with Gasteiger partial charge in [-0.1, -0.05) is 6.92 Å². The molecular weight excluding hydrogens is 332 g/mol. The first-order chi connectivity index (χ1) is 11.4. The lowest BCUT2D eigenvalue weighted by molar-refractivity contribution is -0.131. The Morgan fingerprint density at radius 3 is 2.50 bits per heavy atom. The lowest BCUT2D eigenvalue weighted by Gasteiger charge is -2.30. The van der Waals surface area contributed by atoms with Gasteiger partial charge in [-0.05, 0) is 30.9 Å². The van der Waals surface area contributed by atoms with Crippen molar-refractivity contribution in [2.24, 2.45) is 5.92 Å². The molecule has 0 aromatic heterocycles. The largest absolute Gasteiger partial charge is 0.497 e. The van der Waals surface area contributed by atoms with Crippen LogP contribution >= 0.6 is 0 Å². The van der Waals surface area contributed by atoms with E-state index >= 15 is 0 Å². The molecule has 0 aliphatic carbocycles. The molecule has 0 saturated carbocycles. The summed E-state index contributed by atoms with van der Waals surface area (Å²) in [5, 5.41) is 0. The van der Waals surface area contributed by atoms with E-state index in [4.69, 9.17) is 9.47 Å². The number of nitrogens with zero attached hydrogens (tertiary/aromatic N) is 1. The number of hydrogen-bond acceptors (Lipinski definition) is 5. The first-order valence-electron chi connectivity index (χ1n) is 7.87. The van der Waals surface area contributed by atoms with Crippen molar-refractivity contribution >= 4 is 15.9 Å². The number of likely N-dealkylation sites (tertiary alicyclic amines) is 1. The third-order valence-corrected chi connectivity index (χ3v) is 5.65. The fourth-order valence-corrected chi connectivity index (χ4v) is 3.72. The van der Waals surface area contributed by atoms with Gasteiger partial charge in [-0.2, -0.15) is 0 Å². The summed E-state index contributed by atoms with van der Waals surface area (Å²) in [6.45, 7) is 3.24. The molecule has 1 aliphatic rings. The van der Waals surface area contributed by atoms with Crippen LogP contribution in [0.5, 0.6) is 11.5 Å². The van der Waals surface area contributed by atoms with E-state index < -0.39 is 10.0 Å². The Kier molecular flexibility index (Phi) is 6.06. The number of amides is 1. The van der Waals surface area contributed by atoms with Crippen molar-refractivity contribution in [3.63, 3.8) is 0 Å². The predicted molar refractivity (Wildman–Crippen MR) is 89.7 cm³/mol. The SMILES string of the molecule is COc1ccc(S(=O)(=O)NCC(=O)N2CCC(C)CC2)c(OC)c1. The topological polar surface area (TPSA) is 84.9 Å². The third-order valence-electron chi connectivity index (χ3n) is 4.21. The minimum Gasteiger partial charge on any atom is -0.497 e. The van der Waals surface area contributed by atoms with Gasteiger partial charge in [-0.3, -0.25) is 4.79 Å². The van der Waals surface area contributed by atoms with Crippen LogP contribution in [0.25, 0.3) is 0 Å². The van der Waals surface area contributed by atoms with Gasteiger partial charge in [-0.25, -0.2) is 13.1 Å². The van der Waals surface area contributed by atoms with Crippen LogP contribution in [-0.4, -0.2) is 53.1 Å². The first kappa shape index (κ1) is 18.5. The Morgan fingerprint density at radius 1 is 1.25 bits per heavy atom. The lowest BCUT2D eigenvalue weighted by Crippen LogP contribution is -2.43. The van der Waals surface area contributed by atoms with Crippen molar-refractivity contribution in [1.29, 1.82) is 0 Å². The van der Waals surface area contributed by atoms with Crippen molar-refractivity contribution in [3.05, 3.63) is 18.2 Å². The number of sulfonamides is 1. The number of piperidine rings is 1. The zero-order chi connectivity index (χ0) is 17.7. The molecule has 8 heteroatoms. The molecule has 0 radical (unpaired) electrons. The van der Waals surface area contributed by atoms with Crippen LogP contribution in [-0.2, 0) is 14.8 Å². The second kappa shape index (κ2) is 7.85. The number of benzene rings is 1. The van der Waals surface area contributed by atoms with Crippen molar-refractivity contribution in [2.45, 2.75) is 24.7 Å². The number of carbonyl (C=O) groups is 1. The number of ether oxygens (including phenoxy) is 2. The predicted octanol–water partition coefficient (Wildman–Crippen LogP) is 1.24. The lowest BCUT2D eigenvalue weighted by atomic mass is 9.99. The normalized spacial score (nSPS) is 16.0. The van der Waals surface area contributed by atoms with Crippen LogP contribution in [0.1, 0.15) is 19.8 Å². The maximum absolute atomic E-state index is 12.4. The summed E-state index contributed by atoms with van der Waals surface area (Å²) in [4.78, 5) is 13.9. The highest BCUT2D eigenvalue weighted by molar-refractivity contribution is 7.89. The second-order valence-electron chi connectivity index (χ2n) is 5.90. The molecule has 1 heterocycles. The zero-order valence-electron chi connectivity index (χ0n) is 14.2. The van der Waals surface area contributed by atoms with E-state index in [2.05, 4.69) is 11.6 Å². The molecular formula is C16H24N2O5S. The van der Waals surface area contributed by atoms with Crippen molar-refractivity contribution < 1.29 is 22.7 Å². The van der Waals surface area contributed by atoms with Crippen LogP contribution in [0.4, 0.5) is 0 Å². The second-order valence-corrected chi connectivity index (χ2v) is 7.64. The molecule has 7 nitrogen and oxygen atoms in total. The molecule has 2 rings (SSSR count). The molecule has 0 unspecified atom stereocenters. The molecule has 0 atom stereocenters. The molecule has 1 aromatic carbocycles. The molecule has 134 valence electrons. The minimum atomic E-state index is -3.85. The van der Waals surface area contributed by atoms with Crippen LogP contribution in [0.15, 0.2) is 23.1 Å². The summed E-state index contributed by atoms with van der Waals surface area (Å²) in [5.41, 5.74) is 0. The van der Waals surface area contributed by atoms with Gasteiger partial charge in [0.05, 0.1) is 20.8 Å². The molecule has 1 amide bonds. The average Bonchev–Trinajstić information content (AvgIpc) is 2.59. The number of hydrogen-bond donors (Lipinski definition) is 1. The quantitative estimate of drug-likeness (QED) is 0.829. The van der Waals surface area contributed by atoms with Gasteiger partial charge in [-0.15, -0.1) is 0 Å². The molecule has 1 fully saturated rings. The molecule has 1 aromatic rings. The number of methoxy groups -OCH3 is 2. The van der Waals surface area contributed by atoms with E-state index in [0.29, 0.717) is 24.8 Å². The molecule has 24 heavy (non-hydrogen) atoms. The highest BCUT2D eigenvalue weighted by atomic mass is 32.2. The van der Waals surface area contributed by atoms with E-state index in [1.54, 1.807) is 4.90 Å². The summed E-state index contributed by atoms with van der Waals surface area (Å²) >= 11 is 0. The maximum Gasteiger partial charge on any atom is 0.244 e. The first-order valence-corrected chi connectivity index (χ1v) is 9.35. The van der Waals surface area contributed by atoms with Gasteiger partial charge in [0.15, 0.2) is 0 Å². The fraction of sp³-hybridized carbons (Fsp3) is 0.562. The molecule has 1 N–H and O–H groups in total. The molecule has 0 spiro atoms. The summed E-state index contributed by atoms with van der Waals surface area (Å²) in [7, 11) is -0.982. The van der Waals surface area contributed by atoms with E-state index in [-0.39, 0.29) is 23.1 Å². The van der Waals surface area contributed by atoms with Crippen LogP contribution < -0.4 is 14.2 Å². The molecule has 0 bridgehead atoms. The van der Waals surface area contributed by atoms with Gasteiger partial charge in [0.1, 0.15) is 16.4 Å². The van der Waals surface area contributed by atoms with Crippen LogP contribution in [0, 0.1) is 5.92 Å². The van der Waals surface area contributed by atoms with Crippen molar-refractivity contribution in [1.82, 2.24) is 9.62 Å². The third kappa shape index (κ3) is 4.39. The van der Waals surface area contributed by atoms with Crippen LogP contribution in [0.2, 0.25) is 0 Å². The van der Waals surface area contributed by atoms with E-state index in [0.717, 1.165) is 12.8 Å². The Morgan fingerprint density at radius 2 is 1.92 bits per heavy atom. The maximum atomic E-state index is 12.4. The fourth-order valence-electron chi connectivity index (χ4n) is 2.60.